The predicted molar refractivity (Wildman–Crippen MR) is 147 cm³/mol. The highest BCUT2D eigenvalue weighted by Gasteiger charge is 2.13. The number of nitrogens with one attached hydrogen (secondary N) is 1. The van der Waals surface area contributed by atoms with Crippen molar-refractivity contribution in [2.24, 2.45) is 0 Å². The molecule has 0 unspecified atom stereocenters. The monoisotopic (exact) mass is 583 g/mol. The van der Waals surface area contributed by atoms with Crippen LogP contribution in [0.15, 0.2) is 77.4 Å². The van der Waals surface area contributed by atoms with Gasteiger partial charge in [0.1, 0.15) is 23.9 Å². The molecule has 190 valence electrons. The van der Waals surface area contributed by atoms with Gasteiger partial charge in [-0.05, 0) is 76.5 Å². The number of halogens is 3. The summed E-state index contributed by atoms with van der Waals surface area (Å²) in [6.07, 6.45) is 4.74. The van der Waals surface area contributed by atoms with Gasteiger partial charge in [0.05, 0.1) is 18.1 Å². The van der Waals surface area contributed by atoms with Gasteiger partial charge < -0.3 is 14.8 Å². The summed E-state index contributed by atoms with van der Waals surface area (Å²) in [5.74, 6) is 0.978. The number of hydrogen-bond donors (Lipinski definition) is 1. The summed E-state index contributed by atoms with van der Waals surface area (Å²) >= 11 is 9.49. The molecule has 4 rings (SSSR count). The number of carbonyl (C=O) groups is 1. The van der Waals surface area contributed by atoms with E-state index in [0.717, 1.165) is 22.4 Å². The second-order valence-corrected chi connectivity index (χ2v) is 9.48. The van der Waals surface area contributed by atoms with Gasteiger partial charge in [-0.25, -0.2) is 4.39 Å². The lowest BCUT2D eigenvalue weighted by molar-refractivity contribution is -0.111. The zero-order valence-corrected chi connectivity index (χ0v) is 22.5. The Bertz CT molecular complexity index is 1430. The summed E-state index contributed by atoms with van der Waals surface area (Å²) in [5, 5.41) is 7.36. The molecule has 9 heteroatoms. The Balaban J connectivity index is 1.42. The van der Waals surface area contributed by atoms with Gasteiger partial charge in [-0.3, -0.25) is 9.48 Å². The van der Waals surface area contributed by atoms with Crippen molar-refractivity contribution in [1.29, 1.82) is 0 Å². The first-order valence-corrected chi connectivity index (χ1v) is 12.5. The molecule has 0 atom stereocenters. The van der Waals surface area contributed by atoms with Gasteiger partial charge >= 0.3 is 0 Å². The first kappa shape index (κ1) is 26.4. The molecule has 0 aliphatic rings. The topological polar surface area (TPSA) is 65.4 Å². The molecule has 4 aromatic rings. The van der Waals surface area contributed by atoms with E-state index in [1.165, 1.54) is 16.8 Å². The first-order chi connectivity index (χ1) is 17.8. The lowest BCUT2D eigenvalue weighted by Gasteiger charge is -2.11. The van der Waals surface area contributed by atoms with E-state index in [0.29, 0.717) is 33.2 Å². The lowest BCUT2D eigenvalue weighted by Crippen LogP contribution is -2.10. The van der Waals surface area contributed by atoms with Crippen LogP contribution in [0.4, 0.5) is 10.2 Å². The molecule has 1 amide bonds. The summed E-state index contributed by atoms with van der Waals surface area (Å²) in [5.41, 5.74) is 3.08. The SMILES string of the molecule is COc1ccc(/C=C/C(=O)Nc2nn(Cc3c(F)cccc3Cl)cc2Br)cc1COc1cccc(C)c1. The van der Waals surface area contributed by atoms with Gasteiger partial charge in [-0.2, -0.15) is 5.10 Å². The minimum Gasteiger partial charge on any atom is -0.496 e. The fourth-order valence-electron chi connectivity index (χ4n) is 3.62. The quantitative estimate of drug-likeness (QED) is 0.215. The maximum absolute atomic E-state index is 14.1. The van der Waals surface area contributed by atoms with Gasteiger partial charge in [-0.1, -0.05) is 35.9 Å². The van der Waals surface area contributed by atoms with Crippen molar-refractivity contribution in [3.8, 4) is 11.5 Å². The molecule has 0 bridgehead atoms. The first-order valence-electron chi connectivity index (χ1n) is 11.3. The van der Waals surface area contributed by atoms with E-state index in [1.54, 1.807) is 31.5 Å². The molecule has 0 aliphatic heterocycles. The molecule has 0 saturated heterocycles. The van der Waals surface area contributed by atoms with Gasteiger partial charge in [0.15, 0.2) is 5.82 Å². The van der Waals surface area contributed by atoms with Crippen molar-refractivity contribution in [1.82, 2.24) is 9.78 Å². The van der Waals surface area contributed by atoms with Crippen LogP contribution in [0.3, 0.4) is 0 Å². The molecule has 6 nitrogen and oxygen atoms in total. The number of amides is 1. The number of nitrogens with zero attached hydrogens (tertiary/aromatic N) is 2. The second kappa shape index (κ2) is 12.1. The van der Waals surface area contributed by atoms with Gasteiger partial charge in [-0.15, -0.1) is 0 Å². The molecule has 0 radical (unpaired) electrons. The van der Waals surface area contributed by atoms with Crippen molar-refractivity contribution < 1.29 is 18.7 Å². The van der Waals surface area contributed by atoms with Gasteiger partial charge in [0, 0.05) is 28.4 Å². The Morgan fingerprint density at radius 1 is 1.19 bits per heavy atom. The average Bonchev–Trinajstić information content (AvgIpc) is 3.22. The Morgan fingerprint density at radius 3 is 2.76 bits per heavy atom. The molecule has 0 saturated carbocycles. The highest BCUT2D eigenvalue weighted by atomic mass is 79.9. The fraction of sp³-hybridized carbons (Fsp3) is 0.143. The molecule has 0 fully saturated rings. The largest absolute Gasteiger partial charge is 0.496 e. The van der Waals surface area contributed by atoms with Crippen molar-refractivity contribution in [2.45, 2.75) is 20.1 Å². The standard InChI is InChI=1S/C28H24BrClFN3O3/c1-18-5-3-6-21(13-18)37-17-20-14-19(9-11-26(20)36-2)10-12-27(35)32-28-23(29)16-34(33-28)15-22-24(30)7-4-8-25(22)31/h3-14,16H,15,17H2,1-2H3,(H,32,33,35)/b12-10+. The summed E-state index contributed by atoms with van der Waals surface area (Å²) in [6.45, 7) is 2.44. The fourth-order valence-corrected chi connectivity index (χ4v) is 4.26. The smallest absolute Gasteiger partial charge is 0.249 e. The number of aromatic nitrogens is 2. The summed E-state index contributed by atoms with van der Waals surface area (Å²) < 4.78 is 27.5. The van der Waals surface area contributed by atoms with Crippen molar-refractivity contribution >= 4 is 45.3 Å². The normalized spacial score (nSPS) is 11.1. The molecule has 1 aromatic heterocycles. The molecule has 1 N–H and O–H groups in total. The molecular weight excluding hydrogens is 561 g/mol. The van der Waals surface area contributed by atoms with E-state index in [9.17, 15) is 9.18 Å². The minimum atomic E-state index is -0.421. The number of aryl methyl sites for hydroxylation is 1. The van der Waals surface area contributed by atoms with E-state index in [-0.39, 0.29) is 12.5 Å². The van der Waals surface area contributed by atoms with Crippen molar-refractivity contribution in [3.63, 3.8) is 0 Å². The average molecular weight is 585 g/mol. The third-order valence-corrected chi connectivity index (χ3v) is 6.39. The number of rotatable bonds is 9. The zero-order chi connectivity index (χ0) is 26.4. The van der Waals surface area contributed by atoms with E-state index >= 15 is 0 Å². The van der Waals surface area contributed by atoms with Crippen LogP contribution in [0.1, 0.15) is 22.3 Å². The van der Waals surface area contributed by atoms with Gasteiger partial charge in [0.25, 0.3) is 0 Å². The van der Waals surface area contributed by atoms with Crippen LogP contribution in [0, 0.1) is 12.7 Å². The predicted octanol–water partition coefficient (Wildman–Crippen LogP) is 7.03. The van der Waals surface area contributed by atoms with Crippen LogP contribution in [0.25, 0.3) is 6.08 Å². The summed E-state index contributed by atoms with van der Waals surface area (Å²) in [4.78, 5) is 12.6. The Kier molecular flexibility index (Phi) is 8.63. The zero-order valence-electron chi connectivity index (χ0n) is 20.2. The maximum Gasteiger partial charge on any atom is 0.249 e. The van der Waals surface area contributed by atoms with E-state index < -0.39 is 5.82 Å². The van der Waals surface area contributed by atoms with Crippen LogP contribution in [0.2, 0.25) is 5.02 Å². The Hall–Kier alpha value is -3.62. The third-order valence-electron chi connectivity index (χ3n) is 5.46. The number of ether oxygens (including phenoxy) is 2. The number of benzene rings is 3. The molecule has 0 aliphatic carbocycles. The Labute approximate surface area is 227 Å². The highest BCUT2D eigenvalue weighted by molar-refractivity contribution is 9.10. The minimum absolute atomic E-state index is 0.120. The van der Waals surface area contributed by atoms with Gasteiger partial charge in [0.2, 0.25) is 5.91 Å². The number of hydrogen-bond acceptors (Lipinski definition) is 4. The van der Waals surface area contributed by atoms with E-state index in [4.69, 9.17) is 21.1 Å². The summed E-state index contributed by atoms with van der Waals surface area (Å²) in [7, 11) is 1.60. The number of anilines is 1. The molecule has 3 aromatic carbocycles. The highest BCUT2D eigenvalue weighted by Crippen LogP contribution is 2.25. The molecule has 1 heterocycles. The van der Waals surface area contributed by atoms with E-state index in [1.807, 2.05) is 49.4 Å². The van der Waals surface area contributed by atoms with Crippen molar-refractivity contribution in [3.05, 3.63) is 111 Å². The Morgan fingerprint density at radius 2 is 2.00 bits per heavy atom. The second-order valence-electron chi connectivity index (χ2n) is 8.22. The van der Waals surface area contributed by atoms with Crippen LogP contribution in [-0.2, 0) is 17.9 Å². The number of carbonyl (C=O) groups excluding carboxylic acids is 1. The lowest BCUT2D eigenvalue weighted by atomic mass is 10.1. The van der Waals surface area contributed by atoms with Crippen LogP contribution >= 0.6 is 27.5 Å². The molecular formula is C28H24BrClFN3O3. The van der Waals surface area contributed by atoms with Crippen molar-refractivity contribution in [2.75, 3.05) is 12.4 Å². The summed E-state index contributed by atoms with van der Waals surface area (Å²) in [6, 6.07) is 17.9. The molecule has 0 spiro atoms. The van der Waals surface area contributed by atoms with E-state index in [2.05, 4.69) is 26.3 Å². The molecule has 37 heavy (non-hydrogen) atoms. The van der Waals surface area contributed by atoms with Crippen LogP contribution < -0.4 is 14.8 Å². The number of methoxy groups -OCH3 is 1. The van der Waals surface area contributed by atoms with Crippen LogP contribution in [0.5, 0.6) is 11.5 Å². The maximum atomic E-state index is 14.1. The van der Waals surface area contributed by atoms with Crippen LogP contribution in [-0.4, -0.2) is 22.8 Å². The third kappa shape index (κ3) is 6.99.